The molecule has 2 aromatic carbocycles. The van der Waals surface area contributed by atoms with Crippen molar-refractivity contribution in [3.8, 4) is 5.88 Å². The summed E-state index contributed by atoms with van der Waals surface area (Å²) in [5.74, 6) is -0.0855. The molecule has 0 saturated carbocycles. The van der Waals surface area contributed by atoms with E-state index in [1.807, 2.05) is 0 Å². The molecule has 2 N–H and O–H groups in total. The fourth-order valence-electron chi connectivity index (χ4n) is 2.91. The summed E-state index contributed by atoms with van der Waals surface area (Å²) in [7, 11) is 0. The Kier molecular flexibility index (Phi) is 6.22. The number of hydrogen-bond donors (Lipinski definition) is 2. The highest BCUT2D eigenvalue weighted by Gasteiger charge is 2.14. The Morgan fingerprint density at radius 2 is 1.76 bits per heavy atom. The minimum absolute atomic E-state index is 0.0257. The molecule has 0 unspecified atom stereocenters. The predicted molar refractivity (Wildman–Crippen MR) is 122 cm³/mol. The van der Waals surface area contributed by atoms with Gasteiger partial charge in [0.15, 0.2) is 0 Å². The number of rotatable bonds is 7. The molecule has 0 saturated heterocycles. The van der Waals surface area contributed by atoms with Gasteiger partial charge in [-0.15, -0.1) is 0 Å². The average Bonchev–Trinajstić information content (AvgIpc) is 3.31. The maximum absolute atomic E-state index is 12.2. The van der Waals surface area contributed by atoms with E-state index in [4.69, 9.17) is 4.42 Å². The summed E-state index contributed by atoms with van der Waals surface area (Å²) < 4.78 is 6.17. The number of benzene rings is 2. The molecule has 0 spiro atoms. The molecule has 0 aliphatic rings. The summed E-state index contributed by atoms with van der Waals surface area (Å²) >= 11 is 1.42. The summed E-state index contributed by atoms with van der Waals surface area (Å²) in [4.78, 5) is 42.6. The molecule has 4 aromatic rings. The summed E-state index contributed by atoms with van der Waals surface area (Å²) in [6.07, 6.45) is 2.62. The monoisotopic (exact) mass is 464 g/mol. The first-order valence-corrected chi connectivity index (χ1v) is 10.4. The number of hydrogen-bond acceptors (Lipinski definition) is 8. The van der Waals surface area contributed by atoms with Crippen molar-refractivity contribution in [3.63, 3.8) is 0 Å². The van der Waals surface area contributed by atoms with Crippen LogP contribution in [-0.2, 0) is 6.54 Å². The highest BCUT2D eigenvalue weighted by atomic mass is 32.2. The molecule has 2 heterocycles. The predicted octanol–water partition coefficient (Wildman–Crippen LogP) is 3.69. The molecule has 0 atom stereocenters. The molecule has 0 fully saturated rings. The van der Waals surface area contributed by atoms with E-state index in [0.717, 1.165) is 14.4 Å². The third-order valence-electron chi connectivity index (χ3n) is 4.56. The van der Waals surface area contributed by atoms with Crippen molar-refractivity contribution in [2.75, 3.05) is 0 Å². The quantitative estimate of drug-likeness (QED) is 0.241. The summed E-state index contributed by atoms with van der Waals surface area (Å²) in [6, 6.07) is 16.6. The lowest BCUT2D eigenvalue weighted by Crippen LogP contribution is -2.32. The first-order chi connectivity index (χ1) is 15.9. The van der Waals surface area contributed by atoms with Gasteiger partial charge in [-0.2, -0.15) is 0 Å². The second kappa shape index (κ2) is 9.40. The summed E-state index contributed by atoms with van der Waals surface area (Å²) in [6.45, 7) is -0.0517. The number of aliphatic imine (C=N–C) groups is 1. The van der Waals surface area contributed by atoms with E-state index in [-0.39, 0.29) is 17.8 Å². The van der Waals surface area contributed by atoms with Gasteiger partial charge in [-0.25, -0.2) is 4.79 Å². The van der Waals surface area contributed by atoms with Crippen molar-refractivity contribution < 1.29 is 14.4 Å². The molecule has 11 heteroatoms. The number of non-ortho nitro benzene ring substituents is 1. The van der Waals surface area contributed by atoms with Crippen molar-refractivity contribution in [3.05, 3.63) is 109 Å². The fraction of sp³-hybridized carbons (Fsp3) is 0.0455. The molecule has 33 heavy (non-hydrogen) atoms. The van der Waals surface area contributed by atoms with E-state index in [9.17, 15) is 24.8 Å². The van der Waals surface area contributed by atoms with Crippen molar-refractivity contribution in [1.29, 1.82) is 0 Å². The molecular formula is C22H16N4O6S. The van der Waals surface area contributed by atoms with Gasteiger partial charge in [-0.05, 0) is 48.5 Å². The molecule has 0 aliphatic heterocycles. The van der Waals surface area contributed by atoms with Crippen LogP contribution in [0.25, 0.3) is 0 Å². The minimum atomic E-state index is -0.765. The van der Waals surface area contributed by atoms with Crippen molar-refractivity contribution in [1.82, 2.24) is 9.55 Å². The number of furan rings is 1. The fourth-order valence-corrected chi connectivity index (χ4v) is 3.72. The Morgan fingerprint density at radius 1 is 1.09 bits per heavy atom. The van der Waals surface area contributed by atoms with Crippen LogP contribution >= 0.6 is 11.8 Å². The lowest BCUT2D eigenvalue weighted by atomic mass is 10.3. The Bertz CT molecular complexity index is 1420. The van der Waals surface area contributed by atoms with E-state index in [0.29, 0.717) is 11.4 Å². The van der Waals surface area contributed by atoms with Crippen molar-refractivity contribution >= 4 is 29.4 Å². The van der Waals surface area contributed by atoms with Crippen molar-refractivity contribution in [2.24, 2.45) is 4.99 Å². The molecule has 0 amide bonds. The Hall–Kier alpha value is -4.38. The minimum Gasteiger partial charge on any atom is -0.494 e. The van der Waals surface area contributed by atoms with Gasteiger partial charge in [0.1, 0.15) is 11.3 Å². The van der Waals surface area contributed by atoms with E-state index < -0.39 is 22.1 Å². The number of aromatic nitrogens is 2. The van der Waals surface area contributed by atoms with Crippen LogP contribution in [0.4, 0.5) is 11.4 Å². The van der Waals surface area contributed by atoms with Crippen LogP contribution in [0.1, 0.15) is 11.3 Å². The van der Waals surface area contributed by atoms with E-state index in [2.05, 4.69) is 9.98 Å². The topological polar surface area (TPSA) is 144 Å². The number of aromatic hydroxyl groups is 1. The van der Waals surface area contributed by atoms with Crippen LogP contribution in [0.5, 0.6) is 5.88 Å². The lowest BCUT2D eigenvalue weighted by Gasteiger charge is -2.07. The summed E-state index contributed by atoms with van der Waals surface area (Å²) in [5.41, 5.74) is -1.14. The Balaban J connectivity index is 1.51. The number of nitro benzene ring substituents is 1. The number of H-pyrrole nitrogens is 1. The molecular weight excluding hydrogens is 448 g/mol. The van der Waals surface area contributed by atoms with Crippen LogP contribution in [0.2, 0.25) is 0 Å². The molecule has 10 nitrogen and oxygen atoms in total. The number of nitro groups is 1. The number of aromatic amines is 1. The van der Waals surface area contributed by atoms with Gasteiger partial charge < -0.3 is 9.52 Å². The largest absolute Gasteiger partial charge is 0.494 e. The Morgan fingerprint density at radius 3 is 2.36 bits per heavy atom. The standard InChI is InChI=1S/C22H16N4O6S/c27-20-19(21(28)25(22(29)24-20)13-16-2-1-11-32-16)12-23-14-3-7-17(8-4-14)33-18-9-5-15(6-10-18)26(30)31/h1-12,28H,13H2,(H,24,27,29). The molecule has 166 valence electrons. The van der Waals surface area contributed by atoms with Gasteiger partial charge in [0, 0.05) is 28.1 Å². The van der Waals surface area contributed by atoms with Crippen LogP contribution in [0, 0.1) is 10.1 Å². The second-order valence-electron chi connectivity index (χ2n) is 6.77. The van der Waals surface area contributed by atoms with Crippen molar-refractivity contribution in [2.45, 2.75) is 16.3 Å². The normalized spacial score (nSPS) is 11.2. The maximum atomic E-state index is 12.2. The summed E-state index contributed by atoms with van der Waals surface area (Å²) in [5, 5.41) is 21.2. The van der Waals surface area contributed by atoms with Gasteiger partial charge in [0.25, 0.3) is 11.2 Å². The maximum Gasteiger partial charge on any atom is 0.331 e. The van der Waals surface area contributed by atoms with Gasteiger partial charge in [0.05, 0.1) is 23.4 Å². The van der Waals surface area contributed by atoms with Crippen LogP contribution < -0.4 is 11.2 Å². The van der Waals surface area contributed by atoms with Gasteiger partial charge in [0.2, 0.25) is 5.88 Å². The smallest absolute Gasteiger partial charge is 0.331 e. The van der Waals surface area contributed by atoms with Crippen LogP contribution in [0.3, 0.4) is 0 Å². The second-order valence-corrected chi connectivity index (χ2v) is 7.91. The zero-order valence-corrected chi connectivity index (χ0v) is 17.7. The third-order valence-corrected chi connectivity index (χ3v) is 5.58. The molecule has 0 radical (unpaired) electrons. The highest BCUT2D eigenvalue weighted by Crippen LogP contribution is 2.30. The SMILES string of the molecule is O=c1[nH]c(=O)n(Cc2ccco2)c(O)c1C=Nc1ccc(Sc2ccc([N+](=O)[O-])cc2)cc1. The number of nitrogens with one attached hydrogen (secondary N) is 1. The molecule has 0 aliphatic carbocycles. The van der Waals surface area contributed by atoms with Gasteiger partial charge >= 0.3 is 5.69 Å². The first-order valence-electron chi connectivity index (χ1n) is 9.55. The molecule has 2 aromatic heterocycles. The third kappa shape index (κ3) is 5.10. The van der Waals surface area contributed by atoms with Gasteiger partial charge in [-0.1, -0.05) is 11.8 Å². The zero-order chi connectivity index (χ0) is 23.4. The van der Waals surface area contributed by atoms with E-state index in [1.165, 1.54) is 36.4 Å². The Labute approximate surface area is 190 Å². The first kappa shape index (κ1) is 21.8. The van der Waals surface area contributed by atoms with Crippen LogP contribution in [-0.4, -0.2) is 25.8 Å². The van der Waals surface area contributed by atoms with E-state index >= 15 is 0 Å². The lowest BCUT2D eigenvalue weighted by molar-refractivity contribution is -0.384. The van der Waals surface area contributed by atoms with Gasteiger partial charge in [-0.3, -0.25) is 29.5 Å². The van der Waals surface area contributed by atoms with Crippen LogP contribution in [0.15, 0.2) is 95.7 Å². The zero-order valence-electron chi connectivity index (χ0n) is 16.9. The van der Waals surface area contributed by atoms with E-state index in [1.54, 1.807) is 48.5 Å². The molecule has 4 rings (SSSR count). The highest BCUT2D eigenvalue weighted by molar-refractivity contribution is 7.99. The average molecular weight is 464 g/mol. The molecule has 0 bridgehead atoms. The number of nitrogens with zero attached hydrogens (tertiary/aromatic N) is 3.